The van der Waals surface area contributed by atoms with Crippen molar-refractivity contribution in [3.8, 4) is 0 Å². The number of aliphatic hydroxyl groups is 2. The van der Waals surface area contributed by atoms with Gasteiger partial charge in [0, 0.05) is 13.5 Å². The van der Waals surface area contributed by atoms with E-state index in [1.165, 1.54) is 14.0 Å². The molecule has 0 bridgehead atoms. The molecule has 11 heavy (non-hydrogen) atoms. The van der Waals surface area contributed by atoms with Gasteiger partial charge in [0.25, 0.3) is 5.79 Å². The van der Waals surface area contributed by atoms with E-state index in [4.69, 9.17) is 0 Å². The van der Waals surface area contributed by atoms with E-state index in [-0.39, 0.29) is 12.8 Å². The minimum atomic E-state index is -1.99. The van der Waals surface area contributed by atoms with Crippen molar-refractivity contribution in [2.45, 2.75) is 31.2 Å². The fourth-order valence-electron chi connectivity index (χ4n) is 1.33. The molecule has 1 rings (SSSR count). The van der Waals surface area contributed by atoms with E-state index in [1.807, 2.05) is 0 Å². The molecule has 4 nitrogen and oxygen atoms in total. The molecule has 0 heterocycles. The average Bonchev–Trinajstić information content (AvgIpc) is 2.15. The van der Waals surface area contributed by atoms with Gasteiger partial charge < -0.3 is 14.9 Å². The van der Waals surface area contributed by atoms with E-state index < -0.39 is 17.2 Å². The van der Waals surface area contributed by atoms with Crippen LogP contribution in [-0.2, 0) is 9.53 Å². The zero-order valence-corrected chi connectivity index (χ0v) is 6.63. The maximum absolute atomic E-state index is 11.0. The van der Waals surface area contributed by atoms with E-state index in [2.05, 4.69) is 4.74 Å². The van der Waals surface area contributed by atoms with Gasteiger partial charge in [-0.2, -0.15) is 0 Å². The van der Waals surface area contributed by atoms with Crippen molar-refractivity contribution in [1.82, 2.24) is 0 Å². The third kappa shape index (κ3) is 0.982. The van der Waals surface area contributed by atoms with Crippen LogP contribution in [0.3, 0.4) is 0 Å². The lowest BCUT2D eigenvalue weighted by Crippen LogP contribution is -2.53. The van der Waals surface area contributed by atoms with Crippen molar-refractivity contribution in [3.05, 3.63) is 0 Å². The standard InChI is InChI=1S/C7H12O4/c1-6(9)4-3-5(8)7(6,10)11-2/h9-10H,3-4H2,1-2H3/t6-,7?/m1/s1. The Morgan fingerprint density at radius 2 is 2.09 bits per heavy atom. The predicted octanol–water partition coefficient (Wildman–Crippen LogP) is -0.565. The first-order chi connectivity index (χ1) is 4.94. The normalized spacial score (nSPS) is 44.9. The van der Waals surface area contributed by atoms with Crippen LogP contribution in [0, 0.1) is 0 Å². The predicted molar refractivity (Wildman–Crippen MR) is 36.8 cm³/mol. The minimum Gasteiger partial charge on any atom is -0.384 e. The molecular formula is C7H12O4. The highest BCUT2D eigenvalue weighted by atomic mass is 16.6. The van der Waals surface area contributed by atoms with Crippen molar-refractivity contribution >= 4 is 5.78 Å². The molecule has 1 aliphatic rings. The summed E-state index contributed by atoms with van der Waals surface area (Å²) in [5.74, 6) is -2.45. The number of hydrogen-bond donors (Lipinski definition) is 2. The third-order valence-electron chi connectivity index (χ3n) is 2.24. The molecule has 0 aromatic rings. The number of ether oxygens (including phenoxy) is 1. The summed E-state index contributed by atoms with van der Waals surface area (Å²) in [6.07, 6.45) is 0.410. The summed E-state index contributed by atoms with van der Waals surface area (Å²) in [5, 5.41) is 19.0. The number of carbonyl (C=O) groups is 1. The lowest BCUT2D eigenvalue weighted by Gasteiger charge is -2.31. The molecule has 0 aliphatic heterocycles. The summed E-state index contributed by atoms with van der Waals surface area (Å²) in [6.45, 7) is 1.39. The molecule has 2 atom stereocenters. The molecular weight excluding hydrogens is 148 g/mol. The monoisotopic (exact) mass is 160 g/mol. The molecule has 1 saturated carbocycles. The highest BCUT2D eigenvalue weighted by Gasteiger charge is 2.57. The van der Waals surface area contributed by atoms with Crippen LogP contribution < -0.4 is 0 Å². The second kappa shape index (κ2) is 2.27. The number of ketones is 1. The van der Waals surface area contributed by atoms with Gasteiger partial charge in [0.05, 0.1) is 0 Å². The Bertz CT molecular complexity index is 187. The molecule has 0 saturated heterocycles. The summed E-state index contributed by atoms with van der Waals surface area (Å²) in [5.41, 5.74) is -1.45. The van der Waals surface area contributed by atoms with E-state index >= 15 is 0 Å². The van der Waals surface area contributed by atoms with Crippen LogP contribution in [0.2, 0.25) is 0 Å². The average molecular weight is 160 g/mol. The summed E-state index contributed by atoms with van der Waals surface area (Å²) in [6, 6.07) is 0. The van der Waals surface area contributed by atoms with Gasteiger partial charge in [0.2, 0.25) is 0 Å². The lowest BCUT2D eigenvalue weighted by molar-refractivity contribution is -0.251. The van der Waals surface area contributed by atoms with E-state index in [9.17, 15) is 15.0 Å². The molecule has 1 unspecified atom stereocenters. The zero-order chi connectivity index (χ0) is 8.70. The molecule has 1 aliphatic carbocycles. The quantitative estimate of drug-likeness (QED) is 0.504. The van der Waals surface area contributed by atoms with Crippen molar-refractivity contribution in [2.75, 3.05) is 7.11 Å². The van der Waals surface area contributed by atoms with Gasteiger partial charge in [-0.15, -0.1) is 0 Å². The number of rotatable bonds is 1. The molecule has 0 spiro atoms. The fraction of sp³-hybridized carbons (Fsp3) is 0.857. The molecule has 2 N–H and O–H groups in total. The smallest absolute Gasteiger partial charge is 0.255 e. The lowest BCUT2D eigenvalue weighted by atomic mass is 9.99. The van der Waals surface area contributed by atoms with Crippen molar-refractivity contribution in [3.63, 3.8) is 0 Å². The Morgan fingerprint density at radius 1 is 1.55 bits per heavy atom. The first-order valence-electron chi connectivity index (χ1n) is 3.47. The second-order valence-corrected chi connectivity index (χ2v) is 3.05. The van der Waals surface area contributed by atoms with Crippen LogP contribution in [0.25, 0.3) is 0 Å². The summed E-state index contributed by atoms with van der Waals surface area (Å²) < 4.78 is 4.58. The molecule has 0 aromatic heterocycles. The topological polar surface area (TPSA) is 66.8 Å². The van der Waals surface area contributed by atoms with E-state index in [0.29, 0.717) is 0 Å². The van der Waals surface area contributed by atoms with Gasteiger partial charge in [0.15, 0.2) is 5.78 Å². The van der Waals surface area contributed by atoms with Crippen molar-refractivity contribution in [2.24, 2.45) is 0 Å². The summed E-state index contributed by atoms with van der Waals surface area (Å²) in [7, 11) is 1.21. The molecule has 64 valence electrons. The van der Waals surface area contributed by atoms with Crippen LogP contribution in [0.15, 0.2) is 0 Å². The van der Waals surface area contributed by atoms with Gasteiger partial charge in [0.1, 0.15) is 5.60 Å². The Balaban J connectivity index is 2.97. The Kier molecular flexibility index (Phi) is 1.78. The fourth-order valence-corrected chi connectivity index (χ4v) is 1.33. The first-order valence-corrected chi connectivity index (χ1v) is 3.47. The number of carbonyl (C=O) groups excluding carboxylic acids is 1. The maximum Gasteiger partial charge on any atom is 0.255 e. The second-order valence-electron chi connectivity index (χ2n) is 3.05. The van der Waals surface area contributed by atoms with Crippen LogP contribution in [-0.4, -0.2) is 34.5 Å². The van der Waals surface area contributed by atoms with Crippen LogP contribution in [0.4, 0.5) is 0 Å². The Morgan fingerprint density at radius 3 is 2.27 bits per heavy atom. The molecule has 0 amide bonds. The van der Waals surface area contributed by atoms with Crippen molar-refractivity contribution < 1.29 is 19.7 Å². The largest absolute Gasteiger partial charge is 0.384 e. The SMILES string of the molecule is COC1(O)C(=O)CC[C@@]1(C)O. The Labute approximate surface area is 64.8 Å². The number of hydrogen-bond acceptors (Lipinski definition) is 4. The van der Waals surface area contributed by atoms with Gasteiger partial charge in [-0.05, 0) is 13.3 Å². The maximum atomic E-state index is 11.0. The summed E-state index contributed by atoms with van der Waals surface area (Å²) >= 11 is 0. The minimum absolute atomic E-state index is 0.164. The van der Waals surface area contributed by atoms with Gasteiger partial charge in [-0.3, -0.25) is 4.79 Å². The number of methoxy groups -OCH3 is 1. The highest BCUT2D eigenvalue weighted by molar-refractivity contribution is 5.89. The molecule has 1 fully saturated rings. The van der Waals surface area contributed by atoms with Gasteiger partial charge in [-0.1, -0.05) is 0 Å². The molecule has 0 aromatic carbocycles. The zero-order valence-electron chi connectivity index (χ0n) is 6.63. The van der Waals surface area contributed by atoms with Crippen LogP contribution in [0.5, 0.6) is 0 Å². The van der Waals surface area contributed by atoms with Crippen LogP contribution in [0.1, 0.15) is 19.8 Å². The van der Waals surface area contributed by atoms with Gasteiger partial charge in [-0.25, -0.2) is 0 Å². The summed E-state index contributed by atoms with van der Waals surface area (Å²) in [4.78, 5) is 11.0. The number of Topliss-reactive ketones (excluding diaryl/α,β-unsaturated/α-hetero) is 1. The highest BCUT2D eigenvalue weighted by Crippen LogP contribution is 2.36. The van der Waals surface area contributed by atoms with Crippen molar-refractivity contribution in [1.29, 1.82) is 0 Å². The molecule has 4 heteroatoms. The van der Waals surface area contributed by atoms with E-state index in [0.717, 1.165) is 0 Å². The van der Waals surface area contributed by atoms with E-state index in [1.54, 1.807) is 0 Å². The molecule has 0 radical (unpaired) electrons. The third-order valence-corrected chi connectivity index (χ3v) is 2.24. The first kappa shape index (κ1) is 8.64. The Hall–Kier alpha value is -0.450. The van der Waals surface area contributed by atoms with Crippen LogP contribution >= 0.6 is 0 Å². The van der Waals surface area contributed by atoms with Gasteiger partial charge >= 0.3 is 0 Å².